The summed E-state index contributed by atoms with van der Waals surface area (Å²) in [5.41, 5.74) is 0.847. The Kier molecular flexibility index (Phi) is 4.76. The first-order valence-corrected chi connectivity index (χ1v) is 6.31. The SMILES string of the molecule is CNC(C)(CCCn1nc(C)c(Cl)c1C)C(=O)O. The molecule has 1 aromatic heterocycles. The third-order valence-corrected chi connectivity index (χ3v) is 3.91. The van der Waals surface area contributed by atoms with Crippen LogP contribution in [0.15, 0.2) is 0 Å². The van der Waals surface area contributed by atoms with Crippen LogP contribution in [0.4, 0.5) is 0 Å². The van der Waals surface area contributed by atoms with Crippen molar-refractivity contribution in [2.45, 2.75) is 45.7 Å². The summed E-state index contributed by atoms with van der Waals surface area (Å²) in [5.74, 6) is -0.837. The van der Waals surface area contributed by atoms with Gasteiger partial charge in [0.25, 0.3) is 0 Å². The fourth-order valence-electron chi connectivity index (χ4n) is 1.81. The lowest BCUT2D eigenvalue weighted by atomic mass is 9.96. The molecule has 1 unspecified atom stereocenters. The maximum atomic E-state index is 11.1. The number of hydrogen-bond acceptors (Lipinski definition) is 3. The number of carbonyl (C=O) groups is 1. The summed E-state index contributed by atoms with van der Waals surface area (Å²) in [6.45, 7) is 6.13. The number of carboxylic acids is 1. The molecule has 0 saturated heterocycles. The molecule has 1 heterocycles. The molecule has 5 nitrogen and oxygen atoms in total. The molecule has 0 amide bonds. The molecule has 0 radical (unpaired) electrons. The number of hydrogen-bond donors (Lipinski definition) is 2. The summed E-state index contributed by atoms with van der Waals surface area (Å²) < 4.78 is 1.83. The zero-order valence-electron chi connectivity index (χ0n) is 11.2. The van der Waals surface area contributed by atoms with Gasteiger partial charge in [0.2, 0.25) is 0 Å². The Hall–Kier alpha value is -1.07. The van der Waals surface area contributed by atoms with E-state index in [4.69, 9.17) is 16.7 Å². The van der Waals surface area contributed by atoms with Crippen LogP contribution in [0.3, 0.4) is 0 Å². The van der Waals surface area contributed by atoms with Crippen molar-refractivity contribution in [1.82, 2.24) is 15.1 Å². The fourth-order valence-corrected chi connectivity index (χ4v) is 1.95. The summed E-state index contributed by atoms with van der Waals surface area (Å²) in [6, 6.07) is 0. The third kappa shape index (κ3) is 3.03. The lowest BCUT2D eigenvalue weighted by Crippen LogP contribution is -2.47. The number of aromatic nitrogens is 2. The molecule has 1 rings (SSSR count). The molecule has 0 fully saturated rings. The van der Waals surface area contributed by atoms with Crippen molar-refractivity contribution in [2.75, 3.05) is 7.05 Å². The van der Waals surface area contributed by atoms with Gasteiger partial charge in [-0.2, -0.15) is 5.10 Å². The Morgan fingerprint density at radius 1 is 1.56 bits per heavy atom. The maximum absolute atomic E-state index is 11.1. The molecule has 0 aliphatic rings. The number of aryl methyl sites for hydroxylation is 2. The van der Waals surface area contributed by atoms with Gasteiger partial charge < -0.3 is 10.4 Å². The summed E-state index contributed by atoms with van der Waals surface area (Å²) in [5, 5.41) is 17.0. The topological polar surface area (TPSA) is 67.2 Å². The van der Waals surface area contributed by atoms with E-state index < -0.39 is 11.5 Å². The van der Waals surface area contributed by atoms with E-state index in [1.807, 2.05) is 18.5 Å². The first-order chi connectivity index (χ1) is 8.31. The van der Waals surface area contributed by atoms with E-state index in [0.29, 0.717) is 18.0 Å². The average Bonchev–Trinajstić information content (AvgIpc) is 2.56. The minimum Gasteiger partial charge on any atom is -0.480 e. The Balaban J connectivity index is 2.61. The summed E-state index contributed by atoms with van der Waals surface area (Å²) >= 11 is 6.06. The number of likely N-dealkylation sites (N-methyl/N-ethyl adjacent to an activating group) is 1. The van der Waals surface area contributed by atoms with Gasteiger partial charge in [-0.05, 0) is 40.7 Å². The molecule has 0 saturated carbocycles. The van der Waals surface area contributed by atoms with Gasteiger partial charge >= 0.3 is 5.97 Å². The largest absolute Gasteiger partial charge is 0.480 e. The molecule has 0 aliphatic heterocycles. The lowest BCUT2D eigenvalue weighted by Gasteiger charge is -2.24. The molecule has 2 N–H and O–H groups in total. The monoisotopic (exact) mass is 273 g/mol. The average molecular weight is 274 g/mol. The normalized spacial score (nSPS) is 14.5. The van der Waals surface area contributed by atoms with Crippen molar-refractivity contribution in [2.24, 2.45) is 0 Å². The van der Waals surface area contributed by atoms with Crippen LogP contribution in [0, 0.1) is 13.8 Å². The van der Waals surface area contributed by atoms with Crippen LogP contribution in [0.5, 0.6) is 0 Å². The highest BCUT2D eigenvalue weighted by atomic mass is 35.5. The number of nitrogens with zero attached hydrogens (tertiary/aromatic N) is 2. The number of nitrogens with one attached hydrogen (secondary N) is 1. The van der Waals surface area contributed by atoms with Crippen LogP contribution in [0.2, 0.25) is 5.02 Å². The molecule has 18 heavy (non-hydrogen) atoms. The first-order valence-electron chi connectivity index (χ1n) is 5.93. The Morgan fingerprint density at radius 3 is 2.56 bits per heavy atom. The second-order valence-electron chi connectivity index (χ2n) is 4.70. The summed E-state index contributed by atoms with van der Waals surface area (Å²) in [4.78, 5) is 11.1. The van der Waals surface area contributed by atoms with Crippen molar-refractivity contribution in [3.8, 4) is 0 Å². The molecule has 0 aromatic carbocycles. The number of aliphatic carboxylic acids is 1. The van der Waals surface area contributed by atoms with Gasteiger partial charge in [-0.3, -0.25) is 9.48 Å². The first kappa shape index (κ1) is 15.0. The Morgan fingerprint density at radius 2 is 2.17 bits per heavy atom. The van der Waals surface area contributed by atoms with Crippen LogP contribution in [-0.4, -0.2) is 33.4 Å². The Bertz CT molecular complexity index is 445. The van der Waals surface area contributed by atoms with Gasteiger partial charge in [0.05, 0.1) is 16.4 Å². The van der Waals surface area contributed by atoms with E-state index in [1.54, 1.807) is 14.0 Å². The molecule has 1 atom stereocenters. The number of rotatable bonds is 6. The van der Waals surface area contributed by atoms with Crippen LogP contribution in [-0.2, 0) is 11.3 Å². The second kappa shape index (κ2) is 5.71. The summed E-state index contributed by atoms with van der Waals surface area (Å²) in [7, 11) is 1.66. The molecular weight excluding hydrogens is 254 g/mol. The standard InChI is InChI=1S/C12H20ClN3O2/c1-8-10(13)9(2)16(15-8)7-5-6-12(3,14-4)11(17)18/h14H,5-7H2,1-4H3,(H,17,18). The zero-order valence-corrected chi connectivity index (χ0v) is 12.0. The molecule has 1 aromatic rings. The van der Waals surface area contributed by atoms with Gasteiger partial charge in [0.15, 0.2) is 0 Å². The van der Waals surface area contributed by atoms with Gasteiger partial charge in [0, 0.05) is 6.54 Å². The second-order valence-corrected chi connectivity index (χ2v) is 5.08. The van der Waals surface area contributed by atoms with E-state index >= 15 is 0 Å². The maximum Gasteiger partial charge on any atom is 0.323 e. The highest BCUT2D eigenvalue weighted by Gasteiger charge is 2.30. The molecule has 102 valence electrons. The molecule has 0 spiro atoms. The highest BCUT2D eigenvalue weighted by Crippen LogP contribution is 2.20. The van der Waals surface area contributed by atoms with E-state index in [-0.39, 0.29) is 0 Å². The highest BCUT2D eigenvalue weighted by molar-refractivity contribution is 6.31. The van der Waals surface area contributed by atoms with Crippen molar-refractivity contribution >= 4 is 17.6 Å². The zero-order chi connectivity index (χ0) is 13.9. The van der Waals surface area contributed by atoms with Crippen molar-refractivity contribution in [1.29, 1.82) is 0 Å². The minimum atomic E-state index is -0.889. The minimum absolute atomic E-state index is 0.537. The van der Waals surface area contributed by atoms with E-state index in [1.165, 1.54) is 0 Å². The van der Waals surface area contributed by atoms with Crippen LogP contribution >= 0.6 is 11.6 Å². The van der Waals surface area contributed by atoms with Gasteiger partial charge in [-0.1, -0.05) is 11.6 Å². The quantitative estimate of drug-likeness (QED) is 0.832. The molecule has 6 heteroatoms. The Labute approximate surface area is 112 Å². The van der Waals surface area contributed by atoms with E-state index in [9.17, 15) is 4.79 Å². The van der Waals surface area contributed by atoms with Crippen LogP contribution in [0.1, 0.15) is 31.2 Å². The van der Waals surface area contributed by atoms with Crippen LogP contribution in [0.25, 0.3) is 0 Å². The third-order valence-electron chi connectivity index (χ3n) is 3.36. The van der Waals surface area contributed by atoms with E-state index in [0.717, 1.165) is 17.8 Å². The molecule has 0 bridgehead atoms. The van der Waals surface area contributed by atoms with Crippen molar-refractivity contribution in [3.05, 3.63) is 16.4 Å². The smallest absolute Gasteiger partial charge is 0.323 e. The predicted octanol–water partition coefficient (Wildman–Crippen LogP) is 2.00. The van der Waals surface area contributed by atoms with E-state index in [2.05, 4.69) is 10.4 Å². The fraction of sp³-hybridized carbons (Fsp3) is 0.667. The van der Waals surface area contributed by atoms with Crippen LogP contribution < -0.4 is 5.32 Å². The molecule has 0 aliphatic carbocycles. The number of halogens is 1. The van der Waals surface area contributed by atoms with Gasteiger partial charge in [0.1, 0.15) is 5.54 Å². The number of carboxylic acid groups (broad SMARTS) is 1. The lowest BCUT2D eigenvalue weighted by molar-refractivity contribution is -0.144. The van der Waals surface area contributed by atoms with Crippen molar-refractivity contribution < 1.29 is 9.90 Å². The van der Waals surface area contributed by atoms with Gasteiger partial charge in [-0.15, -0.1) is 0 Å². The summed E-state index contributed by atoms with van der Waals surface area (Å²) in [6.07, 6.45) is 1.26. The molecular formula is C12H20ClN3O2. The van der Waals surface area contributed by atoms with Crippen molar-refractivity contribution in [3.63, 3.8) is 0 Å². The predicted molar refractivity (Wildman–Crippen MR) is 71.0 cm³/mol. The van der Waals surface area contributed by atoms with Gasteiger partial charge in [-0.25, -0.2) is 0 Å².